The number of H-pyrrole nitrogens is 1. The first kappa shape index (κ1) is 12.3. The van der Waals surface area contributed by atoms with Crippen LogP contribution in [0, 0.1) is 4.77 Å². The molecule has 0 aliphatic carbocycles. The van der Waals surface area contributed by atoms with Crippen LogP contribution in [0.2, 0.25) is 5.02 Å². The summed E-state index contributed by atoms with van der Waals surface area (Å²) in [6.07, 6.45) is 4.04. The molecule has 0 atom stereocenters. The summed E-state index contributed by atoms with van der Waals surface area (Å²) in [5.41, 5.74) is 1.65. The van der Waals surface area contributed by atoms with Gasteiger partial charge >= 0.3 is 0 Å². The zero-order valence-corrected chi connectivity index (χ0v) is 11.7. The maximum atomic E-state index is 5.91. The molecule has 98 valence electrons. The molecule has 0 fully saturated rings. The monoisotopic (exact) mass is 294 g/mol. The van der Waals surface area contributed by atoms with Crippen LogP contribution in [0.4, 0.5) is 0 Å². The van der Waals surface area contributed by atoms with E-state index < -0.39 is 0 Å². The Morgan fingerprint density at radius 2 is 2.32 bits per heavy atom. The third-order valence-electron chi connectivity index (χ3n) is 2.94. The molecule has 0 aromatic carbocycles. The smallest absolute Gasteiger partial charge is 0.179 e. The minimum absolute atomic E-state index is 0.587. The second-order valence-electron chi connectivity index (χ2n) is 4.21. The zero-order chi connectivity index (χ0) is 13.4. The van der Waals surface area contributed by atoms with E-state index in [0.29, 0.717) is 16.3 Å². The Balaban J connectivity index is 1.95. The molecule has 6 nitrogen and oxygen atoms in total. The van der Waals surface area contributed by atoms with Crippen molar-refractivity contribution in [2.24, 2.45) is 7.05 Å². The number of hydrogen-bond acceptors (Lipinski definition) is 4. The SMILES string of the molecule is Cn1cnnc1CCn1c(=S)[nH]c2cc(Cl)cnc21. The quantitative estimate of drug-likeness (QED) is 0.752. The van der Waals surface area contributed by atoms with E-state index in [9.17, 15) is 0 Å². The van der Waals surface area contributed by atoms with Gasteiger partial charge in [0, 0.05) is 26.2 Å². The van der Waals surface area contributed by atoms with Gasteiger partial charge in [-0.2, -0.15) is 0 Å². The van der Waals surface area contributed by atoms with Crippen molar-refractivity contribution in [3.63, 3.8) is 0 Å². The number of rotatable bonds is 3. The number of pyridine rings is 1. The standard InChI is InChI=1S/C11H11ClN6S/c1-17-6-14-16-9(17)2-3-18-10-8(15-11(18)19)4-7(12)5-13-10/h4-6H,2-3H2,1H3,(H,15,19). The van der Waals surface area contributed by atoms with Crippen molar-refractivity contribution >= 4 is 35.0 Å². The molecule has 0 bridgehead atoms. The maximum Gasteiger partial charge on any atom is 0.179 e. The number of hydrogen-bond donors (Lipinski definition) is 1. The summed E-state index contributed by atoms with van der Waals surface area (Å²) in [5.74, 6) is 0.908. The minimum atomic E-state index is 0.587. The number of nitrogens with zero attached hydrogens (tertiary/aromatic N) is 5. The first-order valence-electron chi connectivity index (χ1n) is 5.72. The van der Waals surface area contributed by atoms with Crippen LogP contribution in [0.25, 0.3) is 11.2 Å². The Kier molecular flexibility index (Phi) is 3.08. The predicted octanol–water partition coefficient (Wildman–Crippen LogP) is 2.12. The largest absolute Gasteiger partial charge is 0.329 e. The molecule has 0 saturated carbocycles. The lowest BCUT2D eigenvalue weighted by atomic mass is 10.4. The lowest BCUT2D eigenvalue weighted by Gasteiger charge is -2.03. The second kappa shape index (κ2) is 4.75. The van der Waals surface area contributed by atoms with Crippen LogP contribution in [-0.2, 0) is 20.0 Å². The molecule has 1 N–H and O–H groups in total. The van der Waals surface area contributed by atoms with Crippen molar-refractivity contribution in [3.05, 3.63) is 34.2 Å². The Bertz CT molecular complexity index is 786. The highest BCUT2D eigenvalue weighted by Crippen LogP contribution is 2.16. The van der Waals surface area contributed by atoms with Gasteiger partial charge in [0.1, 0.15) is 12.2 Å². The van der Waals surface area contributed by atoms with Crippen molar-refractivity contribution in [2.45, 2.75) is 13.0 Å². The van der Waals surface area contributed by atoms with E-state index in [1.807, 2.05) is 22.2 Å². The van der Waals surface area contributed by atoms with Gasteiger partial charge in [-0.1, -0.05) is 11.6 Å². The fourth-order valence-corrected chi connectivity index (χ4v) is 2.42. The highest BCUT2D eigenvalue weighted by molar-refractivity contribution is 7.71. The summed E-state index contributed by atoms with van der Waals surface area (Å²) < 4.78 is 4.46. The van der Waals surface area contributed by atoms with Crippen LogP contribution in [0.1, 0.15) is 5.82 Å². The van der Waals surface area contributed by atoms with Crippen LogP contribution in [-0.4, -0.2) is 29.3 Å². The molecule has 3 aromatic heterocycles. The zero-order valence-electron chi connectivity index (χ0n) is 10.2. The summed E-state index contributed by atoms with van der Waals surface area (Å²) in [6, 6.07) is 1.82. The lowest BCUT2D eigenvalue weighted by molar-refractivity contribution is 0.652. The second-order valence-corrected chi connectivity index (χ2v) is 5.04. The number of aryl methyl sites for hydroxylation is 3. The summed E-state index contributed by atoms with van der Waals surface area (Å²) in [5, 5.41) is 8.49. The molecular weight excluding hydrogens is 284 g/mol. The molecule has 8 heteroatoms. The van der Waals surface area contributed by atoms with E-state index in [2.05, 4.69) is 20.2 Å². The van der Waals surface area contributed by atoms with Gasteiger partial charge in [0.2, 0.25) is 0 Å². The molecule has 0 saturated heterocycles. The number of nitrogens with one attached hydrogen (secondary N) is 1. The topological polar surface area (TPSA) is 64.3 Å². The fraction of sp³-hybridized carbons (Fsp3) is 0.273. The molecule has 3 heterocycles. The van der Waals surface area contributed by atoms with Crippen molar-refractivity contribution < 1.29 is 0 Å². The van der Waals surface area contributed by atoms with Crippen LogP contribution in [0.5, 0.6) is 0 Å². The van der Waals surface area contributed by atoms with E-state index >= 15 is 0 Å². The molecule has 19 heavy (non-hydrogen) atoms. The van der Waals surface area contributed by atoms with E-state index in [1.54, 1.807) is 12.5 Å². The molecule has 0 radical (unpaired) electrons. The summed E-state index contributed by atoms with van der Waals surface area (Å²) in [7, 11) is 1.92. The molecule has 0 unspecified atom stereocenters. The van der Waals surface area contributed by atoms with E-state index in [4.69, 9.17) is 23.8 Å². The van der Waals surface area contributed by atoms with Gasteiger partial charge in [0.15, 0.2) is 10.4 Å². The fourth-order valence-electron chi connectivity index (χ4n) is 1.97. The Morgan fingerprint density at radius 3 is 3.05 bits per heavy atom. The first-order valence-corrected chi connectivity index (χ1v) is 6.50. The maximum absolute atomic E-state index is 5.91. The van der Waals surface area contributed by atoms with Crippen LogP contribution >= 0.6 is 23.8 Å². The van der Waals surface area contributed by atoms with E-state index in [1.165, 1.54) is 0 Å². The normalized spacial score (nSPS) is 11.3. The van der Waals surface area contributed by atoms with Crippen molar-refractivity contribution in [2.75, 3.05) is 0 Å². The van der Waals surface area contributed by atoms with Gasteiger partial charge in [0.25, 0.3) is 0 Å². The molecular formula is C11H11ClN6S. The molecule has 0 aliphatic rings. The summed E-state index contributed by atoms with van der Waals surface area (Å²) >= 11 is 11.2. The highest BCUT2D eigenvalue weighted by Gasteiger charge is 2.08. The van der Waals surface area contributed by atoms with Gasteiger partial charge < -0.3 is 14.1 Å². The van der Waals surface area contributed by atoms with Gasteiger partial charge in [-0.3, -0.25) is 0 Å². The first-order chi connectivity index (χ1) is 9.15. The minimum Gasteiger partial charge on any atom is -0.329 e. The van der Waals surface area contributed by atoms with Crippen LogP contribution in [0.3, 0.4) is 0 Å². The molecule has 0 amide bonds. The predicted molar refractivity (Wildman–Crippen MR) is 74.6 cm³/mol. The number of imidazole rings is 1. The number of aromatic amines is 1. The van der Waals surface area contributed by atoms with Crippen LogP contribution < -0.4 is 0 Å². The Hall–Kier alpha value is -1.73. The van der Waals surface area contributed by atoms with Crippen molar-refractivity contribution in [1.29, 1.82) is 0 Å². The number of aromatic nitrogens is 6. The Morgan fingerprint density at radius 1 is 1.47 bits per heavy atom. The Labute approximate surface area is 119 Å². The molecule has 0 spiro atoms. The van der Waals surface area contributed by atoms with Gasteiger partial charge in [-0.25, -0.2) is 4.98 Å². The number of fused-ring (bicyclic) bond motifs is 1. The van der Waals surface area contributed by atoms with Gasteiger partial charge in [0.05, 0.1) is 10.5 Å². The average molecular weight is 295 g/mol. The molecule has 0 aliphatic heterocycles. The van der Waals surface area contributed by atoms with Crippen molar-refractivity contribution in [1.82, 2.24) is 29.3 Å². The average Bonchev–Trinajstić information content (AvgIpc) is 2.90. The van der Waals surface area contributed by atoms with Gasteiger partial charge in [-0.05, 0) is 18.3 Å². The van der Waals surface area contributed by atoms with Gasteiger partial charge in [-0.15, -0.1) is 10.2 Å². The third kappa shape index (κ3) is 2.26. The number of halogens is 1. The van der Waals surface area contributed by atoms with Crippen LogP contribution in [0.15, 0.2) is 18.6 Å². The molecule has 3 rings (SSSR count). The highest BCUT2D eigenvalue weighted by atomic mass is 35.5. The van der Waals surface area contributed by atoms with E-state index in [-0.39, 0.29) is 0 Å². The molecule has 3 aromatic rings. The lowest BCUT2D eigenvalue weighted by Crippen LogP contribution is -2.06. The summed E-state index contributed by atoms with van der Waals surface area (Å²) in [6.45, 7) is 0.694. The van der Waals surface area contributed by atoms with Crippen molar-refractivity contribution in [3.8, 4) is 0 Å². The van der Waals surface area contributed by atoms with E-state index in [0.717, 1.165) is 23.4 Å². The summed E-state index contributed by atoms with van der Waals surface area (Å²) in [4.78, 5) is 7.41. The third-order valence-corrected chi connectivity index (χ3v) is 3.47.